The van der Waals surface area contributed by atoms with Crippen LogP contribution in [-0.4, -0.2) is 86.2 Å². The van der Waals surface area contributed by atoms with Crippen molar-refractivity contribution in [3.63, 3.8) is 0 Å². The van der Waals surface area contributed by atoms with Crippen LogP contribution in [-0.2, 0) is 14.8 Å². The Labute approximate surface area is 243 Å². The topological polar surface area (TPSA) is 108 Å². The first-order valence-corrected chi connectivity index (χ1v) is 16.0. The molecule has 0 aromatic heterocycles. The molecule has 0 radical (unpaired) electrons. The van der Waals surface area contributed by atoms with E-state index in [2.05, 4.69) is 31.0 Å². The van der Waals surface area contributed by atoms with E-state index in [0.717, 1.165) is 54.3 Å². The lowest BCUT2D eigenvalue weighted by Gasteiger charge is -2.43. The molecule has 0 bridgehead atoms. The fourth-order valence-corrected chi connectivity index (χ4v) is 7.82. The van der Waals surface area contributed by atoms with Crippen LogP contribution in [0.3, 0.4) is 0 Å². The third-order valence-electron chi connectivity index (χ3n) is 8.69. The summed E-state index contributed by atoms with van der Waals surface area (Å²) in [6.45, 7) is 9.56. The van der Waals surface area contributed by atoms with Crippen LogP contribution in [0.4, 0.5) is 0 Å². The first-order valence-electron chi connectivity index (χ1n) is 14.5. The molecule has 224 valence electrons. The molecule has 3 aliphatic rings. The summed E-state index contributed by atoms with van der Waals surface area (Å²) < 4.78 is 40.7. The smallest absolute Gasteiger partial charge is 0.247 e. The van der Waals surface area contributed by atoms with E-state index in [1.54, 1.807) is 25.3 Å². The lowest BCUT2D eigenvalue weighted by atomic mass is 9.83. The summed E-state index contributed by atoms with van der Waals surface area (Å²) in [6.07, 6.45) is 2.31. The molecule has 0 saturated carbocycles. The number of nitrogens with zero attached hydrogens (tertiary/aromatic N) is 2. The molecule has 3 heterocycles. The van der Waals surface area contributed by atoms with Crippen LogP contribution in [0.1, 0.15) is 52.9 Å². The molecule has 2 aromatic carbocycles. The van der Waals surface area contributed by atoms with Gasteiger partial charge in [-0.1, -0.05) is 39.0 Å². The Morgan fingerprint density at radius 1 is 1.10 bits per heavy atom. The number of carbonyl (C=O) groups excluding carboxylic acids is 1. The van der Waals surface area contributed by atoms with Crippen molar-refractivity contribution >= 4 is 15.9 Å². The van der Waals surface area contributed by atoms with Crippen molar-refractivity contribution in [2.24, 2.45) is 5.41 Å². The maximum absolute atomic E-state index is 14.0. The minimum absolute atomic E-state index is 0.00370. The molecule has 2 atom stereocenters. The first-order chi connectivity index (χ1) is 19.4. The van der Waals surface area contributed by atoms with Crippen molar-refractivity contribution in [3.8, 4) is 22.6 Å². The maximum atomic E-state index is 14.0. The van der Waals surface area contributed by atoms with Crippen LogP contribution >= 0.6 is 0 Å². The Hall–Kier alpha value is -2.66. The number of benzene rings is 2. The molecule has 0 unspecified atom stereocenters. The van der Waals surface area contributed by atoms with Crippen molar-refractivity contribution < 1.29 is 27.8 Å². The van der Waals surface area contributed by atoms with Gasteiger partial charge in [0.2, 0.25) is 15.9 Å². The fraction of sp³-hybridized carbons (Fsp3) is 0.581. The summed E-state index contributed by atoms with van der Waals surface area (Å²) >= 11 is 0. The summed E-state index contributed by atoms with van der Waals surface area (Å²) in [5.74, 6) is 0.601. The molecule has 41 heavy (non-hydrogen) atoms. The van der Waals surface area contributed by atoms with Gasteiger partial charge in [-0.15, -0.1) is 0 Å². The average Bonchev–Trinajstić information content (AvgIpc) is 3.34. The predicted octanol–water partition coefficient (Wildman–Crippen LogP) is 3.66. The highest BCUT2D eigenvalue weighted by Gasteiger charge is 2.47. The molecule has 2 fully saturated rings. The molecular weight excluding hydrogens is 542 g/mol. The number of carbonyl (C=O) groups is 1. The van der Waals surface area contributed by atoms with E-state index in [1.165, 1.54) is 0 Å². The van der Waals surface area contributed by atoms with Gasteiger partial charge in [-0.3, -0.25) is 4.79 Å². The van der Waals surface area contributed by atoms with Crippen LogP contribution in [0.5, 0.6) is 11.5 Å². The van der Waals surface area contributed by atoms with Crippen LogP contribution in [0.25, 0.3) is 11.1 Å². The minimum Gasteiger partial charge on any atom is -0.497 e. The number of amides is 1. The standard InChI is InChI=1S/C31H43N3O6S/c1-30(2,3)10-14-33-15-11-31(12-16-33)13-17-40-27-19-23(22-6-5-7-25(18-22)39-4)8-9-28(27)41(37,38)34-21-24(35)20-26(34)29(36)32-31/h5-9,18-19,24,26,35H,10-17,20-21H2,1-4H3,(H,32,36)/t24-,26+/m1/s1. The molecule has 1 spiro atoms. The van der Waals surface area contributed by atoms with Crippen molar-refractivity contribution in [1.29, 1.82) is 0 Å². The van der Waals surface area contributed by atoms with E-state index in [9.17, 15) is 18.3 Å². The summed E-state index contributed by atoms with van der Waals surface area (Å²) in [5, 5.41) is 13.8. The number of nitrogens with one attached hydrogen (secondary N) is 1. The van der Waals surface area contributed by atoms with Crippen LogP contribution in [0, 0.1) is 5.41 Å². The fourth-order valence-electron chi connectivity index (χ4n) is 6.07. The lowest BCUT2D eigenvalue weighted by molar-refractivity contribution is -0.127. The number of ether oxygens (including phenoxy) is 2. The molecule has 10 heteroatoms. The molecule has 2 saturated heterocycles. The zero-order chi connectivity index (χ0) is 29.4. The van der Waals surface area contributed by atoms with Gasteiger partial charge >= 0.3 is 0 Å². The van der Waals surface area contributed by atoms with E-state index in [0.29, 0.717) is 12.2 Å². The van der Waals surface area contributed by atoms with Gasteiger partial charge in [0.1, 0.15) is 22.4 Å². The van der Waals surface area contributed by atoms with Crippen LogP contribution in [0.2, 0.25) is 0 Å². The Kier molecular flexibility index (Phi) is 8.40. The third kappa shape index (κ3) is 6.56. The second-order valence-corrected chi connectivity index (χ2v) is 14.8. The van der Waals surface area contributed by atoms with Crippen molar-refractivity contribution in [1.82, 2.24) is 14.5 Å². The zero-order valence-corrected chi connectivity index (χ0v) is 25.4. The molecule has 2 aromatic rings. The number of sulfonamides is 1. The third-order valence-corrected chi connectivity index (χ3v) is 10.6. The monoisotopic (exact) mass is 585 g/mol. The Balaban J connectivity index is 1.47. The minimum atomic E-state index is -4.13. The van der Waals surface area contributed by atoms with E-state index < -0.39 is 27.7 Å². The Morgan fingerprint density at radius 2 is 1.83 bits per heavy atom. The number of hydrogen-bond donors (Lipinski definition) is 2. The van der Waals surface area contributed by atoms with Gasteiger partial charge in [0.15, 0.2) is 0 Å². The van der Waals surface area contributed by atoms with Gasteiger partial charge in [-0.05, 0) is 66.6 Å². The van der Waals surface area contributed by atoms with Crippen molar-refractivity contribution in [2.45, 2.75) is 75.5 Å². The zero-order valence-electron chi connectivity index (χ0n) is 24.6. The average molecular weight is 586 g/mol. The quantitative estimate of drug-likeness (QED) is 0.564. The van der Waals surface area contributed by atoms with Gasteiger partial charge in [-0.2, -0.15) is 4.31 Å². The van der Waals surface area contributed by atoms with E-state index in [1.807, 2.05) is 24.3 Å². The molecule has 5 rings (SSSR count). The van der Waals surface area contributed by atoms with E-state index in [4.69, 9.17) is 9.47 Å². The normalized spacial score (nSPS) is 25.0. The number of aliphatic hydroxyl groups is 1. The summed E-state index contributed by atoms with van der Waals surface area (Å²) in [5.41, 5.74) is 1.41. The lowest BCUT2D eigenvalue weighted by Crippen LogP contribution is -2.59. The number of rotatable bonds is 4. The van der Waals surface area contributed by atoms with Gasteiger partial charge < -0.3 is 24.8 Å². The number of piperidine rings is 1. The second kappa shape index (κ2) is 11.6. The maximum Gasteiger partial charge on any atom is 0.247 e. The van der Waals surface area contributed by atoms with E-state index >= 15 is 0 Å². The summed E-state index contributed by atoms with van der Waals surface area (Å²) in [7, 11) is -2.53. The highest BCUT2D eigenvalue weighted by atomic mass is 32.2. The van der Waals surface area contributed by atoms with Crippen molar-refractivity contribution in [2.75, 3.05) is 39.9 Å². The van der Waals surface area contributed by atoms with Crippen LogP contribution < -0.4 is 14.8 Å². The molecule has 2 N–H and O–H groups in total. The number of fused-ring (bicyclic) bond motifs is 2. The van der Waals surface area contributed by atoms with Gasteiger partial charge in [0.25, 0.3) is 0 Å². The highest BCUT2D eigenvalue weighted by Crippen LogP contribution is 2.38. The Bertz CT molecular complexity index is 1360. The highest BCUT2D eigenvalue weighted by molar-refractivity contribution is 7.89. The Morgan fingerprint density at radius 3 is 2.54 bits per heavy atom. The molecule has 0 aliphatic carbocycles. The SMILES string of the molecule is COc1cccc(-c2ccc3c(c2)OCCC2(CCN(CCC(C)(C)C)CC2)NC(=O)[C@@H]2C[C@@H](O)CN2S3(=O)=O)c1. The van der Waals surface area contributed by atoms with Gasteiger partial charge in [-0.25, -0.2) is 8.42 Å². The number of methoxy groups -OCH3 is 1. The largest absolute Gasteiger partial charge is 0.497 e. The van der Waals surface area contributed by atoms with Crippen molar-refractivity contribution in [3.05, 3.63) is 42.5 Å². The molecular formula is C31H43N3O6S. The molecule has 9 nitrogen and oxygen atoms in total. The van der Waals surface area contributed by atoms with Gasteiger partial charge in [0.05, 0.1) is 19.8 Å². The molecule has 3 aliphatic heterocycles. The van der Waals surface area contributed by atoms with Crippen LogP contribution in [0.15, 0.2) is 47.4 Å². The van der Waals surface area contributed by atoms with E-state index in [-0.39, 0.29) is 41.5 Å². The number of aliphatic hydroxyl groups excluding tert-OH is 1. The second-order valence-electron chi connectivity index (χ2n) is 12.9. The number of likely N-dealkylation sites (tertiary alicyclic amines) is 1. The summed E-state index contributed by atoms with van der Waals surface area (Å²) in [6, 6.07) is 11.6. The predicted molar refractivity (Wildman–Crippen MR) is 157 cm³/mol. The van der Waals surface area contributed by atoms with Gasteiger partial charge in [0, 0.05) is 38.0 Å². The molecule has 1 amide bonds. The first kappa shape index (κ1) is 29.8. The summed E-state index contributed by atoms with van der Waals surface area (Å²) in [4.78, 5) is 16.1. The number of hydrogen-bond acceptors (Lipinski definition) is 7.